The summed E-state index contributed by atoms with van der Waals surface area (Å²) in [6.45, 7) is 2.96. The van der Waals surface area contributed by atoms with E-state index in [2.05, 4.69) is 9.44 Å². The van der Waals surface area contributed by atoms with Gasteiger partial charge in [0.2, 0.25) is 5.91 Å². The Balaban J connectivity index is 1.79. The third-order valence-electron chi connectivity index (χ3n) is 5.00. The van der Waals surface area contributed by atoms with Crippen molar-refractivity contribution in [1.82, 2.24) is 9.62 Å². The second-order valence-corrected chi connectivity index (χ2v) is 8.23. The molecule has 0 bridgehead atoms. The normalized spacial score (nSPS) is 25.8. The van der Waals surface area contributed by atoms with Gasteiger partial charge in [0, 0.05) is 18.2 Å². The van der Waals surface area contributed by atoms with Crippen molar-refractivity contribution in [3.8, 4) is 0 Å². The molecule has 4 N–H and O–H groups in total. The maximum Gasteiger partial charge on any atom is 0.352 e. The van der Waals surface area contributed by atoms with E-state index < -0.39 is 46.1 Å². The summed E-state index contributed by atoms with van der Waals surface area (Å²) in [7, 11) is -3.93. The van der Waals surface area contributed by atoms with Gasteiger partial charge in [0.05, 0.1) is 18.1 Å². The van der Waals surface area contributed by atoms with E-state index in [-0.39, 0.29) is 12.2 Å². The number of amides is 1. The van der Waals surface area contributed by atoms with Crippen molar-refractivity contribution in [2.24, 2.45) is 11.8 Å². The third kappa shape index (κ3) is 3.43. The first kappa shape index (κ1) is 19.3. The van der Waals surface area contributed by atoms with Crippen LogP contribution in [0.5, 0.6) is 0 Å². The van der Waals surface area contributed by atoms with E-state index in [0.717, 1.165) is 4.90 Å². The number of β-lactam (4-membered cyclic amide) rings is 1. The van der Waals surface area contributed by atoms with Crippen LogP contribution in [-0.2, 0) is 19.8 Å². The SMILES string of the molecule is C[C@@H](O)[C@H]1C(=O)N2C(C(=O)O)=C(CNS(=O)(=O)Nc3ccccc3)[C@H](C)[C@H]12. The summed E-state index contributed by atoms with van der Waals surface area (Å²) in [4.78, 5) is 25.1. The average Bonchev–Trinajstić information content (AvgIpc) is 2.82. The topological polar surface area (TPSA) is 136 Å². The molecule has 4 atom stereocenters. The predicted octanol–water partition coefficient (Wildman–Crippen LogP) is 0.129. The number of benzene rings is 1. The minimum atomic E-state index is -3.93. The summed E-state index contributed by atoms with van der Waals surface area (Å²) in [6.07, 6.45) is -0.910. The Labute approximate surface area is 156 Å². The fourth-order valence-electron chi connectivity index (χ4n) is 3.75. The standard InChI is InChI=1S/C17H21N3O6S/c1-9-12(8-18-27(25,26)19-11-6-4-3-5-7-11)15(17(23)24)20-14(9)13(10(2)21)16(20)22/h3-7,9-10,13-14,18-19,21H,8H2,1-2H3,(H,23,24)/t9-,10+,13+,14+/m0/s1. The van der Waals surface area contributed by atoms with Crippen molar-refractivity contribution in [1.29, 1.82) is 0 Å². The molecule has 27 heavy (non-hydrogen) atoms. The van der Waals surface area contributed by atoms with Crippen LogP contribution >= 0.6 is 0 Å². The zero-order chi connectivity index (χ0) is 19.9. The van der Waals surface area contributed by atoms with Crippen molar-refractivity contribution >= 4 is 27.8 Å². The highest BCUT2D eigenvalue weighted by atomic mass is 32.2. The van der Waals surface area contributed by atoms with Crippen LogP contribution in [0.4, 0.5) is 5.69 Å². The van der Waals surface area contributed by atoms with Crippen LogP contribution in [0, 0.1) is 11.8 Å². The highest BCUT2D eigenvalue weighted by Gasteiger charge is 2.59. The molecular weight excluding hydrogens is 374 g/mol. The van der Waals surface area contributed by atoms with Crippen molar-refractivity contribution in [3.05, 3.63) is 41.6 Å². The zero-order valence-electron chi connectivity index (χ0n) is 14.8. The Kier molecular flexibility index (Phi) is 4.98. The molecule has 2 aliphatic rings. The van der Waals surface area contributed by atoms with Gasteiger partial charge in [-0.05, 0) is 24.6 Å². The molecule has 2 heterocycles. The maximum absolute atomic E-state index is 12.3. The van der Waals surface area contributed by atoms with E-state index >= 15 is 0 Å². The van der Waals surface area contributed by atoms with E-state index in [4.69, 9.17) is 0 Å². The van der Waals surface area contributed by atoms with E-state index in [1.165, 1.54) is 6.92 Å². The minimum absolute atomic E-state index is 0.211. The number of aliphatic hydroxyl groups excluding tert-OH is 1. The number of fused-ring (bicyclic) bond motifs is 1. The summed E-state index contributed by atoms with van der Waals surface area (Å²) in [5, 5.41) is 19.3. The number of rotatable bonds is 7. The van der Waals surface area contributed by atoms with Crippen LogP contribution in [0.25, 0.3) is 0 Å². The summed E-state index contributed by atoms with van der Waals surface area (Å²) in [5.74, 6) is -2.84. The van der Waals surface area contributed by atoms with Crippen LogP contribution in [0.2, 0.25) is 0 Å². The van der Waals surface area contributed by atoms with Crippen LogP contribution in [0.1, 0.15) is 13.8 Å². The van der Waals surface area contributed by atoms with Crippen molar-refractivity contribution < 1.29 is 28.2 Å². The molecule has 3 rings (SSSR count). The molecule has 0 spiro atoms. The molecule has 1 fully saturated rings. The van der Waals surface area contributed by atoms with Gasteiger partial charge >= 0.3 is 5.97 Å². The first-order chi connectivity index (χ1) is 12.6. The lowest BCUT2D eigenvalue weighted by molar-refractivity contribution is -0.163. The summed E-state index contributed by atoms with van der Waals surface area (Å²) >= 11 is 0. The fourth-order valence-corrected chi connectivity index (χ4v) is 4.61. The highest BCUT2D eigenvalue weighted by molar-refractivity contribution is 7.90. The van der Waals surface area contributed by atoms with Crippen molar-refractivity contribution in [3.63, 3.8) is 0 Å². The Morgan fingerprint density at radius 1 is 1.30 bits per heavy atom. The molecular formula is C17H21N3O6S. The van der Waals surface area contributed by atoms with Crippen LogP contribution in [-0.4, -0.2) is 54.1 Å². The number of para-hydroxylation sites is 1. The van der Waals surface area contributed by atoms with Crippen LogP contribution < -0.4 is 9.44 Å². The Hall–Kier alpha value is -2.43. The second kappa shape index (κ2) is 6.95. The molecule has 2 aliphatic heterocycles. The van der Waals surface area contributed by atoms with Gasteiger partial charge in [-0.1, -0.05) is 25.1 Å². The van der Waals surface area contributed by atoms with E-state index in [1.807, 2.05) is 0 Å². The molecule has 0 aliphatic carbocycles. The van der Waals surface area contributed by atoms with Gasteiger partial charge in [0.25, 0.3) is 10.2 Å². The van der Waals surface area contributed by atoms with E-state index in [1.54, 1.807) is 37.3 Å². The molecule has 146 valence electrons. The minimum Gasteiger partial charge on any atom is -0.477 e. The molecule has 1 amide bonds. The number of carbonyl (C=O) groups is 2. The first-order valence-corrected chi connectivity index (χ1v) is 9.92. The number of anilines is 1. The molecule has 10 heteroatoms. The number of hydrogen-bond acceptors (Lipinski definition) is 5. The second-order valence-electron chi connectivity index (χ2n) is 6.73. The molecule has 0 radical (unpaired) electrons. The number of hydrogen-bond donors (Lipinski definition) is 4. The summed E-state index contributed by atoms with van der Waals surface area (Å²) in [6, 6.07) is 7.78. The van der Waals surface area contributed by atoms with Gasteiger partial charge in [-0.2, -0.15) is 13.1 Å². The van der Waals surface area contributed by atoms with Gasteiger partial charge < -0.3 is 15.1 Å². The molecule has 0 aromatic heterocycles. The molecule has 1 saturated heterocycles. The lowest BCUT2D eigenvalue weighted by Crippen LogP contribution is -2.63. The van der Waals surface area contributed by atoms with Gasteiger partial charge in [-0.25, -0.2) is 4.79 Å². The first-order valence-electron chi connectivity index (χ1n) is 8.44. The number of nitrogens with zero attached hydrogens (tertiary/aromatic N) is 1. The van der Waals surface area contributed by atoms with Crippen LogP contribution in [0.15, 0.2) is 41.6 Å². The highest BCUT2D eigenvalue weighted by Crippen LogP contribution is 2.46. The molecule has 0 saturated carbocycles. The monoisotopic (exact) mass is 395 g/mol. The van der Waals surface area contributed by atoms with Gasteiger partial charge in [0.15, 0.2) is 0 Å². The molecule has 1 aromatic rings. The number of aliphatic hydroxyl groups is 1. The summed E-state index contributed by atoms with van der Waals surface area (Å²) in [5.41, 5.74) is 0.462. The fraction of sp³-hybridized carbons (Fsp3) is 0.412. The third-order valence-corrected chi connectivity index (χ3v) is 6.03. The van der Waals surface area contributed by atoms with Crippen molar-refractivity contribution in [2.75, 3.05) is 11.3 Å². The Morgan fingerprint density at radius 3 is 2.48 bits per heavy atom. The van der Waals surface area contributed by atoms with E-state index in [9.17, 15) is 28.2 Å². The number of nitrogens with one attached hydrogen (secondary N) is 2. The van der Waals surface area contributed by atoms with Gasteiger partial charge in [-0.15, -0.1) is 0 Å². The quantitative estimate of drug-likeness (QED) is 0.485. The van der Waals surface area contributed by atoms with Gasteiger partial charge in [-0.3, -0.25) is 9.52 Å². The number of carboxylic acids is 1. The smallest absolute Gasteiger partial charge is 0.352 e. The molecule has 1 aromatic carbocycles. The molecule has 0 unspecified atom stereocenters. The lowest BCUT2D eigenvalue weighted by Gasteiger charge is -2.46. The van der Waals surface area contributed by atoms with E-state index in [0.29, 0.717) is 11.3 Å². The number of carboxylic acid groups (broad SMARTS) is 1. The molecule has 9 nitrogen and oxygen atoms in total. The van der Waals surface area contributed by atoms with Gasteiger partial charge in [0.1, 0.15) is 5.70 Å². The number of aliphatic carboxylic acids is 1. The number of carbonyl (C=O) groups excluding carboxylic acids is 1. The maximum atomic E-state index is 12.3. The summed E-state index contributed by atoms with van der Waals surface area (Å²) < 4.78 is 29.2. The zero-order valence-corrected chi connectivity index (χ0v) is 15.6. The lowest BCUT2D eigenvalue weighted by atomic mass is 9.78. The van der Waals surface area contributed by atoms with Crippen molar-refractivity contribution in [2.45, 2.75) is 26.0 Å². The average molecular weight is 395 g/mol. The Bertz CT molecular complexity index is 897. The van der Waals surface area contributed by atoms with Crippen LogP contribution in [0.3, 0.4) is 0 Å². The Morgan fingerprint density at radius 2 is 1.93 bits per heavy atom. The largest absolute Gasteiger partial charge is 0.477 e. The predicted molar refractivity (Wildman–Crippen MR) is 96.6 cm³/mol.